The molecule has 0 fully saturated rings. The lowest BCUT2D eigenvalue weighted by Crippen LogP contribution is -2.52. The minimum Gasteiger partial charge on any atom is -0.340 e. The first-order valence-electron chi connectivity index (χ1n) is 6.46. The Bertz CT molecular complexity index is 533. The van der Waals surface area contributed by atoms with E-state index in [1.54, 1.807) is 20.2 Å². The number of rotatable bonds is 5. The van der Waals surface area contributed by atoms with Gasteiger partial charge in [0, 0.05) is 19.1 Å². The van der Waals surface area contributed by atoms with E-state index in [4.69, 9.17) is 23.2 Å². The molecule has 0 aliphatic carbocycles. The molecule has 0 saturated carbocycles. The van der Waals surface area contributed by atoms with Crippen molar-refractivity contribution in [1.82, 2.24) is 15.8 Å². The SMILES string of the molecule is CC(C)[C@H](NC(=O)c1ccc(Cl)cc1Cl)C(=O)NN(C)C. The molecule has 2 amide bonds. The lowest BCUT2D eigenvalue weighted by atomic mass is 10.0. The Kier molecular flexibility index (Phi) is 6.45. The molecule has 0 saturated heterocycles. The second kappa shape index (κ2) is 7.64. The zero-order chi connectivity index (χ0) is 16.2. The Morgan fingerprint density at radius 2 is 1.81 bits per heavy atom. The number of nitrogens with zero attached hydrogens (tertiary/aromatic N) is 1. The summed E-state index contributed by atoms with van der Waals surface area (Å²) in [5, 5.41) is 4.91. The third-order valence-corrected chi connectivity index (χ3v) is 3.29. The Morgan fingerprint density at radius 3 is 2.29 bits per heavy atom. The van der Waals surface area contributed by atoms with Gasteiger partial charge in [0.2, 0.25) is 0 Å². The van der Waals surface area contributed by atoms with Crippen LogP contribution in [-0.2, 0) is 4.79 Å². The van der Waals surface area contributed by atoms with E-state index in [2.05, 4.69) is 10.7 Å². The highest BCUT2D eigenvalue weighted by Gasteiger charge is 2.25. The molecule has 1 aromatic carbocycles. The van der Waals surface area contributed by atoms with Crippen LogP contribution in [-0.4, -0.2) is 37.0 Å². The van der Waals surface area contributed by atoms with Crippen LogP contribution in [0.25, 0.3) is 0 Å². The molecule has 0 bridgehead atoms. The standard InChI is InChI=1S/C14H19Cl2N3O2/c1-8(2)12(14(21)18-19(3)4)17-13(20)10-6-5-9(15)7-11(10)16/h5-8,12H,1-4H3,(H,17,20)(H,18,21)/t12-/m0/s1. The van der Waals surface area contributed by atoms with Crippen molar-refractivity contribution in [3.05, 3.63) is 33.8 Å². The van der Waals surface area contributed by atoms with Crippen LogP contribution in [0.5, 0.6) is 0 Å². The van der Waals surface area contributed by atoms with Crippen molar-refractivity contribution in [2.45, 2.75) is 19.9 Å². The van der Waals surface area contributed by atoms with E-state index in [-0.39, 0.29) is 22.4 Å². The maximum absolute atomic E-state index is 12.2. The molecular weight excluding hydrogens is 313 g/mol. The number of amides is 2. The summed E-state index contributed by atoms with van der Waals surface area (Å²) in [6.45, 7) is 3.70. The van der Waals surface area contributed by atoms with Crippen LogP contribution in [0.3, 0.4) is 0 Å². The van der Waals surface area contributed by atoms with Crippen molar-refractivity contribution in [3.63, 3.8) is 0 Å². The normalized spacial score (nSPS) is 12.4. The van der Waals surface area contributed by atoms with Crippen LogP contribution in [0.15, 0.2) is 18.2 Å². The van der Waals surface area contributed by atoms with Gasteiger partial charge in [-0.2, -0.15) is 0 Å². The highest BCUT2D eigenvalue weighted by atomic mass is 35.5. The fourth-order valence-electron chi connectivity index (χ4n) is 1.72. The molecular formula is C14H19Cl2N3O2. The number of hydrogen-bond donors (Lipinski definition) is 2. The molecule has 0 aliphatic heterocycles. The van der Waals surface area contributed by atoms with Gasteiger partial charge in [-0.15, -0.1) is 0 Å². The molecule has 5 nitrogen and oxygen atoms in total. The van der Waals surface area contributed by atoms with Gasteiger partial charge in [-0.3, -0.25) is 15.0 Å². The maximum atomic E-state index is 12.2. The van der Waals surface area contributed by atoms with Crippen LogP contribution in [0.4, 0.5) is 0 Å². The first-order valence-corrected chi connectivity index (χ1v) is 7.21. The Morgan fingerprint density at radius 1 is 1.19 bits per heavy atom. The lowest BCUT2D eigenvalue weighted by Gasteiger charge is -2.24. The van der Waals surface area contributed by atoms with E-state index in [9.17, 15) is 9.59 Å². The number of benzene rings is 1. The molecule has 116 valence electrons. The van der Waals surface area contributed by atoms with E-state index in [1.807, 2.05) is 13.8 Å². The number of nitrogens with one attached hydrogen (secondary N) is 2. The monoisotopic (exact) mass is 331 g/mol. The van der Waals surface area contributed by atoms with Crippen molar-refractivity contribution >= 4 is 35.0 Å². The zero-order valence-corrected chi connectivity index (χ0v) is 13.9. The van der Waals surface area contributed by atoms with Gasteiger partial charge in [-0.1, -0.05) is 37.0 Å². The van der Waals surface area contributed by atoms with E-state index < -0.39 is 11.9 Å². The zero-order valence-electron chi connectivity index (χ0n) is 12.4. The average molecular weight is 332 g/mol. The van der Waals surface area contributed by atoms with E-state index in [1.165, 1.54) is 17.1 Å². The summed E-state index contributed by atoms with van der Waals surface area (Å²) < 4.78 is 0. The molecule has 0 radical (unpaired) electrons. The highest BCUT2D eigenvalue weighted by molar-refractivity contribution is 6.36. The minimum absolute atomic E-state index is 0.0695. The molecule has 0 spiro atoms. The molecule has 0 unspecified atom stereocenters. The van der Waals surface area contributed by atoms with Gasteiger partial charge < -0.3 is 5.32 Å². The van der Waals surface area contributed by atoms with Crippen molar-refractivity contribution in [2.75, 3.05) is 14.1 Å². The van der Waals surface area contributed by atoms with Crippen LogP contribution in [0.2, 0.25) is 10.0 Å². The summed E-state index contributed by atoms with van der Waals surface area (Å²) in [5.74, 6) is -0.766. The Labute approximate surface area is 134 Å². The first-order chi connectivity index (χ1) is 9.72. The van der Waals surface area contributed by atoms with Gasteiger partial charge in [-0.05, 0) is 24.1 Å². The van der Waals surface area contributed by atoms with Gasteiger partial charge in [0.1, 0.15) is 6.04 Å². The van der Waals surface area contributed by atoms with Crippen molar-refractivity contribution < 1.29 is 9.59 Å². The second-order valence-corrected chi connectivity index (χ2v) is 6.03. The van der Waals surface area contributed by atoms with Gasteiger partial charge >= 0.3 is 0 Å². The fourth-order valence-corrected chi connectivity index (χ4v) is 2.21. The third kappa shape index (κ3) is 5.19. The fraction of sp³-hybridized carbons (Fsp3) is 0.429. The summed E-state index contributed by atoms with van der Waals surface area (Å²) in [6.07, 6.45) is 0. The summed E-state index contributed by atoms with van der Waals surface area (Å²) in [4.78, 5) is 24.3. The number of hydrogen-bond acceptors (Lipinski definition) is 3. The van der Waals surface area contributed by atoms with Crippen LogP contribution < -0.4 is 10.7 Å². The minimum atomic E-state index is -0.661. The highest BCUT2D eigenvalue weighted by Crippen LogP contribution is 2.21. The topological polar surface area (TPSA) is 61.4 Å². The van der Waals surface area contributed by atoms with Crippen molar-refractivity contribution in [2.24, 2.45) is 5.92 Å². The van der Waals surface area contributed by atoms with Crippen LogP contribution in [0, 0.1) is 5.92 Å². The average Bonchev–Trinajstić information content (AvgIpc) is 2.34. The summed E-state index contributed by atoms with van der Waals surface area (Å²) in [6, 6.07) is 3.93. The first kappa shape index (κ1) is 17.8. The molecule has 21 heavy (non-hydrogen) atoms. The smallest absolute Gasteiger partial charge is 0.257 e. The summed E-state index contributed by atoms with van der Waals surface area (Å²) in [7, 11) is 3.40. The second-order valence-electron chi connectivity index (χ2n) is 5.19. The van der Waals surface area contributed by atoms with Crippen molar-refractivity contribution in [3.8, 4) is 0 Å². The molecule has 7 heteroatoms. The number of hydrazine groups is 1. The van der Waals surface area contributed by atoms with E-state index in [0.29, 0.717) is 5.02 Å². The predicted molar refractivity (Wildman–Crippen MR) is 84.4 cm³/mol. The van der Waals surface area contributed by atoms with Gasteiger partial charge in [0.05, 0.1) is 10.6 Å². The predicted octanol–water partition coefficient (Wildman–Crippen LogP) is 2.34. The number of carbonyl (C=O) groups is 2. The Balaban J connectivity index is 2.88. The third-order valence-electron chi connectivity index (χ3n) is 2.75. The summed E-state index contributed by atoms with van der Waals surface area (Å²) in [5.41, 5.74) is 2.91. The quantitative estimate of drug-likeness (QED) is 0.814. The van der Waals surface area contributed by atoms with Crippen LogP contribution >= 0.6 is 23.2 Å². The van der Waals surface area contributed by atoms with Gasteiger partial charge in [-0.25, -0.2) is 5.01 Å². The largest absolute Gasteiger partial charge is 0.340 e. The maximum Gasteiger partial charge on any atom is 0.257 e. The molecule has 0 aromatic heterocycles. The lowest BCUT2D eigenvalue weighted by molar-refractivity contribution is -0.127. The molecule has 2 N–H and O–H groups in total. The number of halogens is 2. The summed E-state index contributed by atoms with van der Waals surface area (Å²) >= 11 is 11.8. The van der Waals surface area contributed by atoms with E-state index in [0.717, 1.165) is 0 Å². The van der Waals surface area contributed by atoms with Crippen LogP contribution in [0.1, 0.15) is 24.2 Å². The molecule has 1 rings (SSSR count). The Hall–Kier alpha value is -1.30. The van der Waals surface area contributed by atoms with Gasteiger partial charge in [0.25, 0.3) is 11.8 Å². The number of carbonyl (C=O) groups excluding carboxylic acids is 2. The molecule has 1 aromatic rings. The van der Waals surface area contributed by atoms with Gasteiger partial charge in [0.15, 0.2) is 0 Å². The molecule has 1 atom stereocenters. The van der Waals surface area contributed by atoms with E-state index >= 15 is 0 Å². The van der Waals surface area contributed by atoms with Crippen molar-refractivity contribution in [1.29, 1.82) is 0 Å². The molecule has 0 heterocycles. The molecule has 0 aliphatic rings.